The van der Waals surface area contributed by atoms with E-state index in [4.69, 9.17) is 0 Å². The lowest BCUT2D eigenvalue weighted by Gasteiger charge is -2.23. The molecule has 0 bridgehead atoms. The van der Waals surface area contributed by atoms with Gasteiger partial charge in [0.05, 0.1) is 0 Å². The maximum atomic E-state index is 12.9. The zero-order valence-electron chi connectivity index (χ0n) is 16.9. The normalized spacial score (nSPS) is 12.6. The monoisotopic (exact) mass is 565 g/mol. The molecule has 2 unspecified atom stereocenters. The summed E-state index contributed by atoms with van der Waals surface area (Å²) in [4.78, 5) is 25.4. The number of hydrogen-bond donors (Lipinski definition) is 3. The molecule has 2 atom stereocenters. The van der Waals surface area contributed by atoms with Crippen LogP contribution in [-0.4, -0.2) is 28.2 Å². The van der Waals surface area contributed by atoms with Gasteiger partial charge >= 0.3 is 6.03 Å². The number of carbonyl (C=O) groups excluding carboxylic acids is 2. The molecule has 0 aliphatic carbocycles. The molecule has 0 saturated carbocycles. The minimum absolute atomic E-state index is 0.0780. The second-order valence-corrected chi connectivity index (χ2v) is 9.69. The molecule has 1 heterocycles. The van der Waals surface area contributed by atoms with Crippen LogP contribution >= 0.6 is 43.2 Å². The van der Waals surface area contributed by atoms with Crippen molar-refractivity contribution in [3.8, 4) is 10.6 Å². The fourth-order valence-electron chi connectivity index (χ4n) is 2.77. The van der Waals surface area contributed by atoms with Crippen LogP contribution in [0.25, 0.3) is 10.6 Å². The summed E-state index contributed by atoms with van der Waals surface area (Å²) in [6.07, 6.45) is 0.717. The molecular formula is C21H21Br2N5O2S. The van der Waals surface area contributed by atoms with Crippen molar-refractivity contribution in [2.75, 3.05) is 10.6 Å². The van der Waals surface area contributed by atoms with Crippen LogP contribution in [0.5, 0.6) is 0 Å². The van der Waals surface area contributed by atoms with Gasteiger partial charge in [-0.3, -0.25) is 10.1 Å². The van der Waals surface area contributed by atoms with E-state index in [0.29, 0.717) is 22.2 Å². The first-order chi connectivity index (χ1) is 14.9. The fraction of sp³-hybridized carbons (Fsp3) is 0.238. The number of carbonyl (C=O) groups is 2. The second-order valence-electron chi connectivity index (χ2n) is 6.88. The zero-order chi connectivity index (χ0) is 22.4. The molecule has 2 aromatic carbocycles. The smallest absolute Gasteiger partial charge is 0.319 e. The van der Waals surface area contributed by atoms with Gasteiger partial charge in [0.2, 0.25) is 11.0 Å². The van der Waals surface area contributed by atoms with Crippen LogP contribution in [0.4, 0.5) is 15.6 Å². The Morgan fingerprint density at radius 2 is 1.74 bits per heavy atom. The molecule has 0 aliphatic heterocycles. The third-order valence-corrected chi connectivity index (χ3v) is 6.47. The summed E-state index contributed by atoms with van der Waals surface area (Å²) in [6, 6.07) is 13.7. The predicted octanol–water partition coefficient (Wildman–Crippen LogP) is 5.91. The van der Waals surface area contributed by atoms with Crippen molar-refractivity contribution >= 4 is 66.0 Å². The minimum atomic E-state index is -0.727. The Bertz CT molecular complexity index is 1080. The van der Waals surface area contributed by atoms with E-state index in [2.05, 4.69) is 58.0 Å². The summed E-state index contributed by atoms with van der Waals surface area (Å²) >= 11 is 8.08. The first kappa shape index (κ1) is 23.4. The van der Waals surface area contributed by atoms with Crippen molar-refractivity contribution in [1.82, 2.24) is 15.5 Å². The molecule has 0 saturated heterocycles. The van der Waals surface area contributed by atoms with Gasteiger partial charge in [-0.15, -0.1) is 10.2 Å². The lowest BCUT2D eigenvalue weighted by molar-refractivity contribution is -0.119. The van der Waals surface area contributed by atoms with Crippen molar-refractivity contribution in [3.05, 3.63) is 57.5 Å². The Morgan fingerprint density at radius 3 is 2.42 bits per heavy atom. The van der Waals surface area contributed by atoms with Gasteiger partial charge in [0.15, 0.2) is 0 Å². The zero-order valence-corrected chi connectivity index (χ0v) is 20.8. The molecule has 162 valence electrons. The predicted molar refractivity (Wildman–Crippen MR) is 131 cm³/mol. The summed E-state index contributed by atoms with van der Waals surface area (Å²) in [6.45, 7) is 3.88. The molecule has 0 spiro atoms. The van der Waals surface area contributed by atoms with E-state index in [1.54, 1.807) is 12.1 Å². The Labute approximate surface area is 201 Å². The molecule has 31 heavy (non-hydrogen) atoms. The van der Waals surface area contributed by atoms with E-state index in [1.807, 2.05) is 50.2 Å². The number of anilines is 2. The Hall–Kier alpha value is -2.30. The highest BCUT2D eigenvalue weighted by Gasteiger charge is 2.27. The SMILES string of the molecule is CCC(C)C(NC(=O)Nc1cccc(Br)c1)C(=O)Nc1nnc(-c2cccc(Br)c2)s1. The van der Waals surface area contributed by atoms with Crippen LogP contribution in [0, 0.1) is 5.92 Å². The molecular weight excluding hydrogens is 546 g/mol. The van der Waals surface area contributed by atoms with E-state index in [1.165, 1.54) is 11.3 Å². The molecule has 1 aromatic heterocycles. The lowest BCUT2D eigenvalue weighted by atomic mass is 9.98. The molecule has 0 aliphatic rings. The number of hydrogen-bond acceptors (Lipinski definition) is 5. The van der Waals surface area contributed by atoms with Gasteiger partial charge in [-0.05, 0) is 36.2 Å². The molecule has 3 rings (SSSR count). The highest BCUT2D eigenvalue weighted by atomic mass is 79.9. The van der Waals surface area contributed by atoms with Gasteiger partial charge < -0.3 is 10.6 Å². The quantitative estimate of drug-likeness (QED) is 0.331. The number of benzene rings is 2. The van der Waals surface area contributed by atoms with E-state index in [9.17, 15) is 9.59 Å². The van der Waals surface area contributed by atoms with Crippen LogP contribution in [0.3, 0.4) is 0 Å². The maximum Gasteiger partial charge on any atom is 0.319 e. The van der Waals surface area contributed by atoms with Crippen LogP contribution in [0.2, 0.25) is 0 Å². The molecule has 0 radical (unpaired) electrons. The van der Waals surface area contributed by atoms with Gasteiger partial charge in [-0.25, -0.2) is 4.79 Å². The number of nitrogens with one attached hydrogen (secondary N) is 3. The van der Waals surface area contributed by atoms with Gasteiger partial charge in [0, 0.05) is 20.2 Å². The Morgan fingerprint density at radius 1 is 1.03 bits per heavy atom. The van der Waals surface area contributed by atoms with Gasteiger partial charge in [-0.1, -0.05) is 81.7 Å². The standard InChI is InChI=1S/C21H21Br2N5O2S/c1-3-12(2)17(25-20(30)24-16-9-5-8-15(23)11-16)18(29)26-21-28-27-19(31-21)13-6-4-7-14(22)10-13/h4-12,17H,3H2,1-2H3,(H2,24,25,30)(H,26,28,29). The summed E-state index contributed by atoms with van der Waals surface area (Å²) in [5, 5.41) is 17.6. The minimum Gasteiger partial charge on any atom is -0.326 e. The lowest BCUT2D eigenvalue weighted by Crippen LogP contribution is -2.49. The van der Waals surface area contributed by atoms with Crippen LogP contribution in [0.15, 0.2) is 57.5 Å². The van der Waals surface area contributed by atoms with Gasteiger partial charge in [0.25, 0.3) is 0 Å². The summed E-state index contributed by atoms with van der Waals surface area (Å²) in [5.74, 6) is -0.415. The van der Waals surface area contributed by atoms with Crippen molar-refractivity contribution in [2.24, 2.45) is 5.92 Å². The number of rotatable bonds is 7. The molecule has 7 nitrogen and oxygen atoms in total. The molecule has 3 N–H and O–H groups in total. The van der Waals surface area contributed by atoms with Crippen molar-refractivity contribution in [2.45, 2.75) is 26.3 Å². The summed E-state index contributed by atoms with van der Waals surface area (Å²) in [5.41, 5.74) is 1.52. The average molecular weight is 567 g/mol. The third-order valence-electron chi connectivity index (χ3n) is 4.59. The van der Waals surface area contributed by atoms with Gasteiger partial charge in [-0.2, -0.15) is 0 Å². The highest BCUT2D eigenvalue weighted by Crippen LogP contribution is 2.28. The number of halogens is 2. The summed E-state index contributed by atoms with van der Waals surface area (Å²) in [7, 11) is 0. The van der Waals surface area contributed by atoms with Crippen LogP contribution in [0.1, 0.15) is 20.3 Å². The topological polar surface area (TPSA) is 96.0 Å². The number of urea groups is 1. The number of amides is 3. The first-order valence-corrected chi connectivity index (χ1v) is 12.0. The number of aromatic nitrogens is 2. The molecule has 3 amide bonds. The van der Waals surface area contributed by atoms with Crippen molar-refractivity contribution < 1.29 is 9.59 Å². The average Bonchev–Trinajstić information content (AvgIpc) is 3.20. The molecule has 10 heteroatoms. The summed E-state index contributed by atoms with van der Waals surface area (Å²) < 4.78 is 1.78. The maximum absolute atomic E-state index is 12.9. The van der Waals surface area contributed by atoms with E-state index < -0.39 is 12.1 Å². The van der Waals surface area contributed by atoms with Crippen molar-refractivity contribution in [1.29, 1.82) is 0 Å². The van der Waals surface area contributed by atoms with Crippen molar-refractivity contribution in [3.63, 3.8) is 0 Å². The fourth-order valence-corrected chi connectivity index (χ4v) is 4.31. The first-order valence-electron chi connectivity index (χ1n) is 9.59. The molecule has 0 fully saturated rings. The van der Waals surface area contributed by atoms with Crippen LogP contribution < -0.4 is 16.0 Å². The van der Waals surface area contributed by atoms with E-state index in [0.717, 1.165) is 14.5 Å². The molecule has 3 aromatic rings. The van der Waals surface area contributed by atoms with Gasteiger partial charge in [0.1, 0.15) is 11.0 Å². The highest BCUT2D eigenvalue weighted by molar-refractivity contribution is 9.10. The Kier molecular flexibility index (Phi) is 8.16. The van der Waals surface area contributed by atoms with Crippen LogP contribution in [-0.2, 0) is 4.79 Å². The van der Waals surface area contributed by atoms with E-state index in [-0.39, 0.29) is 11.8 Å². The van der Waals surface area contributed by atoms with E-state index >= 15 is 0 Å². The number of nitrogens with zero attached hydrogens (tertiary/aromatic N) is 2. The third kappa shape index (κ3) is 6.59. The largest absolute Gasteiger partial charge is 0.326 e. The second kappa shape index (κ2) is 10.8. The Balaban J connectivity index is 1.68.